The molecule has 2 N–H and O–H groups in total. The summed E-state index contributed by atoms with van der Waals surface area (Å²) in [5, 5.41) is 4.20. The third kappa shape index (κ3) is 2.34. The van der Waals surface area contributed by atoms with E-state index in [1.54, 1.807) is 0 Å². The molecule has 1 heterocycles. The number of rotatable bonds is 3. The summed E-state index contributed by atoms with van der Waals surface area (Å²) >= 11 is 0. The Morgan fingerprint density at radius 3 is 2.17 bits per heavy atom. The van der Waals surface area contributed by atoms with Gasteiger partial charge in [-0.1, -0.05) is 59.8 Å². The van der Waals surface area contributed by atoms with Crippen LogP contribution < -0.4 is 11.1 Å². The minimum Gasteiger partial charge on any atom is -0.390 e. The Kier molecular flexibility index (Phi) is 3.35. The zero-order valence-electron chi connectivity index (χ0n) is 12.6. The first-order valence-corrected chi connectivity index (χ1v) is 7.44. The molecule has 0 saturated carbocycles. The Morgan fingerprint density at radius 1 is 0.792 bits per heavy atom. The van der Waals surface area contributed by atoms with Crippen molar-refractivity contribution in [2.45, 2.75) is 6.61 Å². The largest absolute Gasteiger partial charge is 0.390 e. The van der Waals surface area contributed by atoms with Crippen molar-refractivity contribution in [2.75, 3.05) is 0 Å². The zero-order chi connectivity index (χ0) is 16.5. The number of nitrogens with zero attached hydrogens (tertiary/aromatic N) is 1. The highest BCUT2D eigenvalue weighted by atomic mass is 16.6. The molecule has 0 bridgehead atoms. The fraction of sp³-hybridized carbons (Fsp3) is 0.0556. The number of H-pyrrole nitrogens is 2. The summed E-state index contributed by atoms with van der Waals surface area (Å²) in [6.07, 6.45) is 0. The molecule has 0 atom stereocenters. The summed E-state index contributed by atoms with van der Waals surface area (Å²) in [6.45, 7) is 0.315. The Hall–Kier alpha value is -3.41. The summed E-state index contributed by atoms with van der Waals surface area (Å²) in [4.78, 5) is 34.0. The van der Waals surface area contributed by atoms with Crippen LogP contribution in [-0.2, 0) is 11.4 Å². The lowest BCUT2D eigenvalue weighted by atomic mass is 10.1. The van der Waals surface area contributed by atoms with E-state index in [4.69, 9.17) is 4.84 Å². The van der Waals surface area contributed by atoms with Crippen molar-refractivity contribution < 1.29 is 4.84 Å². The van der Waals surface area contributed by atoms with Crippen LogP contribution in [0.25, 0.3) is 11.3 Å². The van der Waals surface area contributed by atoms with Gasteiger partial charge in [-0.3, -0.25) is 9.59 Å². The van der Waals surface area contributed by atoms with Crippen LogP contribution in [0.1, 0.15) is 16.8 Å². The highest BCUT2D eigenvalue weighted by Gasteiger charge is 2.27. The molecule has 0 saturated heterocycles. The normalized spacial score (nSPS) is 13.6. The third-order valence-electron chi connectivity index (χ3n) is 3.85. The topological polar surface area (TPSA) is 87.3 Å². The number of nitrogens with one attached hydrogen (secondary N) is 2. The van der Waals surface area contributed by atoms with E-state index >= 15 is 0 Å². The number of aromatic nitrogens is 2. The number of aromatic amines is 2. The van der Waals surface area contributed by atoms with E-state index in [-0.39, 0.29) is 0 Å². The van der Waals surface area contributed by atoms with Crippen LogP contribution in [-0.4, -0.2) is 15.7 Å². The maximum Gasteiger partial charge on any atom is 0.314 e. The lowest BCUT2D eigenvalue weighted by Gasteiger charge is -2.03. The van der Waals surface area contributed by atoms with Crippen molar-refractivity contribution in [1.29, 1.82) is 0 Å². The van der Waals surface area contributed by atoms with Crippen molar-refractivity contribution in [3.63, 3.8) is 0 Å². The quantitative estimate of drug-likeness (QED) is 0.447. The van der Waals surface area contributed by atoms with Gasteiger partial charge in [0.2, 0.25) is 0 Å². The Morgan fingerprint density at radius 2 is 1.42 bits per heavy atom. The highest BCUT2D eigenvalue weighted by molar-refractivity contribution is 6.22. The van der Waals surface area contributed by atoms with Gasteiger partial charge in [-0.25, -0.2) is 0 Å². The van der Waals surface area contributed by atoms with E-state index in [0.717, 1.165) is 16.7 Å². The second kappa shape index (κ2) is 5.66. The maximum atomic E-state index is 11.7. The third-order valence-corrected chi connectivity index (χ3v) is 3.85. The molecule has 1 aromatic heterocycles. The minimum atomic E-state index is -0.711. The fourth-order valence-electron chi connectivity index (χ4n) is 2.73. The first-order chi connectivity index (χ1) is 11.7. The van der Waals surface area contributed by atoms with Crippen molar-refractivity contribution in [1.82, 2.24) is 9.97 Å². The molecule has 6 heteroatoms. The minimum absolute atomic E-state index is 0.315. The highest BCUT2D eigenvalue weighted by Crippen LogP contribution is 2.32. The lowest BCUT2D eigenvalue weighted by molar-refractivity contribution is 0.131. The molecule has 0 spiro atoms. The molecular formula is C18H13N3O3. The van der Waals surface area contributed by atoms with Gasteiger partial charge >= 0.3 is 11.1 Å². The maximum absolute atomic E-state index is 11.7. The number of oxime groups is 1. The van der Waals surface area contributed by atoms with Gasteiger partial charge in [0.15, 0.2) is 0 Å². The first kappa shape index (κ1) is 14.2. The van der Waals surface area contributed by atoms with Gasteiger partial charge in [-0.2, -0.15) is 0 Å². The molecule has 6 nitrogen and oxygen atoms in total. The molecule has 0 aliphatic heterocycles. The van der Waals surface area contributed by atoms with Crippen LogP contribution in [0.5, 0.6) is 0 Å². The summed E-state index contributed by atoms with van der Waals surface area (Å²) in [7, 11) is 0. The molecule has 0 fully saturated rings. The van der Waals surface area contributed by atoms with E-state index in [0.29, 0.717) is 23.7 Å². The van der Waals surface area contributed by atoms with Crippen molar-refractivity contribution in [3.8, 4) is 11.3 Å². The molecule has 1 aliphatic rings. The van der Waals surface area contributed by atoms with E-state index in [1.165, 1.54) is 0 Å². The second-order valence-electron chi connectivity index (χ2n) is 5.40. The molecule has 3 aromatic rings. The molecule has 4 rings (SSSR count). The van der Waals surface area contributed by atoms with Gasteiger partial charge in [0, 0.05) is 11.1 Å². The van der Waals surface area contributed by atoms with Crippen LogP contribution in [0.4, 0.5) is 0 Å². The van der Waals surface area contributed by atoms with Crippen molar-refractivity contribution >= 4 is 5.71 Å². The molecule has 24 heavy (non-hydrogen) atoms. The lowest BCUT2D eigenvalue weighted by Crippen LogP contribution is -2.31. The predicted molar refractivity (Wildman–Crippen MR) is 90.0 cm³/mol. The predicted octanol–water partition coefficient (Wildman–Crippen LogP) is 2.01. The molecular weight excluding hydrogens is 306 g/mol. The molecule has 0 amide bonds. The van der Waals surface area contributed by atoms with E-state index in [2.05, 4.69) is 15.1 Å². The molecule has 118 valence electrons. The van der Waals surface area contributed by atoms with Crippen LogP contribution in [0, 0.1) is 0 Å². The Labute approximate surface area is 136 Å². The summed E-state index contributed by atoms with van der Waals surface area (Å²) in [6, 6.07) is 17.1. The van der Waals surface area contributed by atoms with Crippen LogP contribution in [0.15, 0.2) is 69.3 Å². The monoisotopic (exact) mass is 319 g/mol. The smallest absolute Gasteiger partial charge is 0.314 e. The van der Waals surface area contributed by atoms with Gasteiger partial charge in [0.1, 0.15) is 12.3 Å². The van der Waals surface area contributed by atoms with E-state index in [9.17, 15) is 9.59 Å². The van der Waals surface area contributed by atoms with Crippen molar-refractivity contribution in [3.05, 3.63) is 92.1 Å². The average Bonchev–Trinajstić information content (AvgIpc) is 2.90. The fourth-order valence-corrected chi connectivity index (χ4v) is 2.73. The van der Waals surface area contributed by atoms with Gasteiger partial charge in [0.05, 0.1) is 11.4 Å². The van der Waals surface area contributed by atoms with E-state index < -0.39 is 11.1 Å². The molecule has 1 aliphatic carbocycles. The average molecular weight is 319 g/mol. The van der Waals surface area contributed by atoms with E-state index in [1.807, 2.05) is 54.6 Å². The SMILES string of the molecule is O=c1[nH]c2c([nH]c1=O)-c1ccccc1/C2=N\OCc1ccccc1. The number of fused-ring (bicyclic) bond motifs is 3. The Balaban J connectivity index is 1.76. The number of benzene rings is 2. The number of hydrogen-bond acceptors (Lipinski definition) is 4. The van der Waals surface area contributed by atoms with Crippen LogP contribution in [0.2, 0.25) is 0 Å². The zero-order valence-corrected chi connectivity index (χ0v) is 12.6. The number of hydrogen-bond donors (Lipinski definition) is 2. The van der Waals surface area contributed by atoms with Gasteiger partial charge in [-0.15, -0.1) is 0 Å². The van der Waals surface area contributed by atoms with Gasteiger partial charge in [-0.05, 0) is 5.56 Å². The second-order valence-corrected chi connectivity index (χ2v) is 5.40. The summed E-state index contributed by atoms with van der Waals surface area (Å²) in [5.41, 5.74) is 2.73. The first-order valence-electron chi connectivity index (χ1n) is 7.44. The van der Waals surface area contributed by atoms with Gasteiger partial charge < -0.3 is 14.8 Å². The van der Waals surface area contributed by atoms with Gasteiger partial charge in [0.25, 0.3) is 0 Å². The molecule has 0 radical (unpaired) electrons. The van der Waals surface area contributed by atoms with Crippen molar-refractivity contribution in [2.24, 2.45) is 5.16 Å². The van der Waals surface area contributed by atoms with Crippen LogP contribution >= 0.6 is 0 Å². The summed E-state index contributed by atoms with van der Waals surface area (Å²) in [5.74, 6) is 0. The molecule has 2 aromatic carbocycles. The van der Waals surface area contributed by atoms with Crippen LogP contribution in [0.3, 0.4) is 0 Å². The summed E-state index contributed by atoms with van der Waals surface area (Å²) < 4.78 is 0. The standard InChI is InChI=1S/C18H13N3O3/c22-17-18(23)20-16-14(19-17)12-8-4-5-9-13(12)15(16)21-24-10-11-6-2-1-3-7-11/h1-9H,10H2,(H,19,22)(H,20,23)/b21-15+. The Bertz CT molecular complexity index is 1050. The molecule has 0 unspecified atom stereocenters.